The molecule has 0 bridgehead atoms. The van der Waals surface area contributed by atoms with E-state index in [1.165, 1.54) is 11.0 Å². The second-order valence-corrected chi connectivity index (χ2v) is 5.76. The maximum atomic E-state index is 11.8. The van der Waals surface area contributed by atoms with Crippen molar-refractivity contribution >= 4 is 23.1 Å². The van der Waals surface area contributed by atoms with Crippen molar-refractivity contribution in [2.45, 2.75) is 45.4 Å². The monoisotopic (exact) mass is 354 g/mol. The maximum Gasteiger partial charge on any atom is 0.280 e. The summed E-state index contributed by atoms with van der Waals surface area (Å²) in [5.41, 5.74) is 11.2. The molecule has 2 aromatic rings. The van der Waals surface area contributed by atoms with Gasteiger partial charge in [0.05, 0.1) is 13.2 Å². The fourth-order valence-corrected chi connectivity index (χ4v) is 2.38. The lowest BCUT2D eigenvalue weighted by molar-refractivity contribution is -0.0567. The lowest BCUT2D eigenvalue weighted by Gasteiger charge is -2.16. The molecule has 10 nitrogen and oxygen atoms in total. The SMILES string of the molecule is CCCCCCOC(CO)COCn1c(N)nc2c(=O)[nH]c(N)nc21. The molecule has 0 saturated heterocycles. The summed E-state index contributed by atoms with van der Waals surface area (Å²) in [7, 11) is 0. The second-order valence-electron chi connectivity index (χ2n) is 5.76. The summed E-state index contributed by atoms with van der Waals surface area (Å²) >= 11 is 0. The molecule has 2 aromatic heterocycles. The van der Waals surface area contributed by atoms with Gasteiger partial charge < -0.3 is 26.0 Å². The van der Waals surface area contributed by atoms with E-state index in [1.54, 1.807) is 0 Å². The Morgan fingerprint density at radius 1 is 1.28 bits per heavy atom. The Balaban J connectivity index is 1.89. The third-order valence-corrected chi connectivity index (χ3v) is 3.73. The predicted octanol–water partition coefficient (Wildman–Crippen LogP) is 0.216. The van der Waals surface area contributed by atoms with E-state index in [1.807, 2.05) is 0 Å². The van der Waals surface area contributed by atoms with Gasteiger partial charge in [0.1, 0.15) is 12.8 Å². The predicted molar refractivity (Wildman–Crippen MR) is 93.9 cm³/mol. The molecular weight excluding hydrogens is 328 g/mol. The van der Waals surface area contributed by atoms with Crippen LogP contribution in [-0.4, -0.2) is 50.6 Å². The van der Waals surface area contributed by atoms with Gasteiger partial charge >= 0.3 is 0 Å². The molecule has 2 heterocycles. The van der Waals surface area contributed by atoms with Crippen LogP contribution >= 0.6 is 0 Å². The van der Waals surface area contributed by atoms with Crippen LogP contribution in [0.25, 0.3) is 11.2 Å². The first-order valence-corrected chi connectivity index (χ1v) is 8.38. The Kier molecular flexibility index (Phi) is 7.16. The van der Waals surface area contributed by atoms with Gasteiger partial charge in [0.2, 0.25) is 11.9 Å². The Hall–Kier alpha value is -2.17. The van der Waals surface area contributed by atoms with Crippen molar-refractivity contribution in [1.82, 2.24) is 19.5 Å². The minimum atomic E-state index is -0.461. The van der Waals surface area contributed by atoms with Gasteiger partial charge in [0, 0.05) is 6.61 Å². The summed E-state index contributed by atoms with van der Waals surface area (Å²) < 4.78 is 12.6. The van der Waals surface area contributed by atoms with Crippen molar-refractivity contribution in [3.8, 4) is 0 Å². The first-order chi connectivity index (χ1) is 12.1. The van der Waals surface area contributed by atoms with Gasteiger partial charge in [-0.05, 0) is 6.42 Å². The van der Waals surface area contributed by atoms with Crippen LogP contribution in [0, 0.1) is 0 Å². The molecule has 140 valence electrons. The number of rotatable bonds is 11. The zero-order chi connectivity index (χ0) is 18.2. The first kappa shape index (κ1) is 19.2. The van der Waals surface area contributed by atoms with E-state index in [9.17, 15) is 9.90 Å². The largest absolute Gasteiger partial charge is 0.394 e. The van der Waals surface area contributed by atoms with Crippen LogP contribution in [-0.2, 0) is 16.2 Å². The molecule has 0 aliphatic rings. The maximum absolute atomic E-state index is 11.8. The van der Waals surface area contributed by atoms with Crippen LogP contribution in [0.3, 0.4) is 0 Å². The van der Waals surface area contributed by atoms with Crippen molar-refractivity contribution in [2.24, 2.45) is 0 Å². The van der Waals surface area contributed by atoms with Gasteiger partial charge in [-0.3, -0.25) is 14.3 Å². The normalized spacial score (nSPS) is 12.7. The zero-order valence-electron chi connectivity index (χ0n) is 14.4. The number of ether oxygens (including phenoxy) is 2. The molecule has 2 rings (SSSR count). The fourth-order valence-electron chi connectivity index (χ4n) is 2.38. The van der Waals surface area contributed by atoms with Crippen molar-refractivity contribution < 1.29 is 14.6 Å². The average Bonchev–Trinajstić information content (AvgIpc) is 2.89. The van der Waals surface area contributed by atoms with Gasteiger partial charge in [0.15, 0.2) is 11.2 Å². The molecule has 0 amide bonds. The van der Waals surface area contributed by atoms with E-state index in [4.69, 9.17) is 20.9 Å². The average molecular weight is 354 g/mol. The molecule has 25 heavy (non-hydrogen) atoms. The molecule has 1 unspecified atom stereocenters. The number of imidazole rings is 1. The number of H-pyrrole nitrogens is 1. The minimum absolute atomic E-state index is 0.0217. The van der Waals surface area contributed by atoms with Crippen molar-refractivity contribution in [2.75, 3.05) is 31.3 Å². The summed E-state index contributed by atoms with van der Waals surface area (Å²) in [5.74, 6) is 0.0712. The number of nitrogens with zero attached hydrogens (tertiary/aromatic N) is 3. The molecule has 0 aliphatic carbocycles. The smallest absolute Gasteiger partial charge is 0.280 e. The molecule has 0 fully saturated rings. The number of nitrogens with one attached hydrogen (secondary N) is 1. The van der Waals surface area contributed by atoms with Crippen molar-refractivity contribution in [3.05, 3.63) is 10.4 Å². The summed E-state index contributed by atoms with van der Waals surface area (Å²) in [6, 6.07) is 0. The van der Waals surface area contributed by atoms with E-state index >= 15 is 0 Å². The molecular formula is C15H26N6O4. The van der Waals surface area contributed by atoms with Crippen LogP contribution < -0.4 is 17.0 Å². The molecule has 0 aromatic carbocycles. The number of aromatic amines is 1. The highest BCUT2D eigenvalue weighted by atomic mass is 16.5. The van der Waals surface area contributed by atoms with Gasteiger partial charge in [-0.1, -0.05) is 26.2 Å². The molecule has 1 atom stereocenters. The van der Waals surface area contributed by atoms with Crippen LogP contribution in [0.5, 0.6) is 0 Å². The lowest BCUT2D eigenvalue weighted by atomic mass is 10.2. The number of hydrogen-bond donors (Lipinski definition) is 4. The summed E-state index contributed by atoms with van der Waals surface area (Å²) in [6.45, 7) is 2.79. The highest BCUT2D eigenvalue weighted by Gasteiger charge is 2.15. The summed E-state index contributed by atoms with van der Waals surface area (Å²) in [5, 5.41) is 9.36. The quantitative estimate of drug-likeness (QED) is 0.418. The number of aliphatic hydroxyl groups is 1. The highest BCUT2D eigenvalue weighted by molar-refractivity contribution is 5.73. The minimum Gasteiger partial charge on any atom is -0.394 e. The Morgan fingerprint density at radius 3 is 2.80 bits per heavy atom. The van der Waals surface area contributed by atoms with E-state index < -0.39 is 11.7 Å². The van der Waals surface area contributed by atoms with Crippen LogP contribution in [0.1, 0.15) is 32.6 Å². The van der Waals surface area contributed by atoms with Crippen LogP contribution in [0.4, 0.5) is 11.9 Å². The van der Waals surface area contributed by atoms with Crippen LogP contribution in [0.15, 0.2) is 4.79 Å². The Morgan fingerprint density at radius 2 is 2.08 bits per heavy atom. The number of anilines is 2. The second kappa shape index (κ2) is 9.35. The molecule has 10 heteroatoms. The van der Waals surface area contributed by atoms with Crippen LogP contribution in [0.2, 0.25) is 0 Å². The molecule has 0 spiro atoms. The van der Waals surface area contributed by atoms with E-state index in [2.05, 4.69) is 21.9 Å². The summed E-state index contributed by atoms with van der Waals surface area (Å²) in [4.78, 5) is 22.1. The van der Waals surface area contributed by atoms with E-state index in [0.29, 0.717) is 6.61 Å². The topological polar surface area (TPSA) is 154 Å². The standard InChI is InChI=1S/C15H26N6O4/c1-2-3-4-5-6-25-10(7-22)8-24-9-21-12-11(18-15(21)17)13(23)20-14(16)19-12/h10,22H,2-9H2,1H3,(H2,17,18)(H3,16,19,20,23). The molecule has 0 aliphatic heterocycles. The first-order valence-electron chi connectivity index (χ1n) is 8.38. The third kappa shape index (κ3) is 5.15. The third-order valence-electron chi connectivity index (χ3n) is 3.73. The zero-order valence-corrected chi connectivity index (χ0v) is 14.4. The number of unbranched alkanes of at least 4 members (excludes halogenated alkanes) is 3. The molecule has 0 saturated carbocycles. The highest BCUT2D eigenvalue weighted by Crippen LogP contribution is 2.13. The van der Waals surface area contributed by atoms with Gasteiger partial charge in [-0.2, -0.15) is 4.98 Å². The van der Waals surface area contributed by atoms with E-state index in [-0.39, 0.29) is 43.0 Å². The lowest BCUT2D eigenvalue weighted by Crippen LogP contribution is -2.25. The van der Waals surface area contributed by atoms with Crippen molar-refractivity contribution in [1.29, 1.82) is 0 Å². The number of nitrogens with two attached hydrogens (primary N) is 2. The number of fused-ring (bicyclic) bond motifs is 1. The number of nitrogen functional groups attached to an aromatic ring is 2. The Labute approximate surface area is 145 Å². The fraction of sp³-hybridized carbons (Fsp3) is 0.667. The number of hydrogen-bond acceptors (Lipinski definition) is 8. The van der Waals surface area contributed by atoms with E-state index in [0.717, 1.165) is 19.3 Å². The van der Waals surface area contributed by atoms with Crippen molar-refractivity contribution in [3.63, 3.8) is 0 Å². The number of aromatic nitrogens is 4. The molecule has 6 N–H and O–H groups in total. The van der Waals surface area contributed by atoms with Gasteiger partial charge in [-0.25, -0.2) is 4.98 Å². The Bertz CT molecular complexity index is 729. The number of aliphatic hydroxyl groups excluding tert-OH is 1. The molecule has 0 radical (unpaired) electrons. The van der Waals surface area contributed by atoms with Gasteiger partial charge in [0.25, 0.3) is 5.56 Å². The van der Waals surface area contributed by atoms with Gasteiger partial charge in [-0.15, -0.1) is 0 Å². The summed E-state index contributed by atoms with van der Waals surface area (Å²) in [6.07, 6.45) is 3.98.